The van der Waals surface area contributed by atoms with Gasteiger partial charge in [0.15, 0.2) is 0 Å². The van der Waals surface area contributed by atoms with E-state index in [4.69, 9.17) is 9.47 Å². The maximum Gasteiger partial charge on any atom is 0.408 e. The monoisotopic (exact) mass is 653 g/mol. The first-order valence-corrected chi connectivity index (χ1v) is 17.3. The molecule has 1 aliphatic carbocycles. The number of piperidine rings is 1. The molecule has 4 aliphatic rings. The van der Waals surface area contributed by atoms with Crippen LogP contribution in [0.1, 0.15) is 91.4 Å². The number of amides is 4. The highest BCUT2D eigenvalue weighted by atomic mass is 32.2. The van der Waals surface area contributed by atoms with Gasteiger partial charge in [0.25, 0.3) is 5.91 Å². The Kier molecular flexibility index (Phi) is 10.8. The number of hydrogen-bond donors (Lipinski definition) is 3. The summed E-state index contributed by atoms with van der Waals surface area (Å²) in [5, 5.41) is 5.50. The Labute approximate surface area is 265 Å². The number of fused-ring (bicyclic) bond motifs is 2. The molecule has 45 heavy (non-hydrogen) atoms. The summed E-state index contributed by atoms with van der Waals surface area (Å²) in [7, 11) is -3.27. The van der Waals surface area contributed by atoms with E-state index in [1.807, 2.05) is 12.2 Å². The minimum Gasteiger partial charge on any atom is -0.468 e. The number of rotatable bonds is 5. The molecule has 4 amide bonds. The molecule has 1 saturated carbocycles. The van der Waals surface area contributed by atoms with Gasteiger partial charge in [0.05, 0.1) is 7.11 Å². The highest BCUT2D eigenvalue weighted by Gasteiger charge is 2.61. The van der Waals surface area contributed by atoms with E-state index in [-0.39, 0.29) is 19.4 Å². The molecule has 3 heterocycles. The van der Waals surface area contributed by atoms with Crippen LogP contribution >= 0.6 is 0 Å². The second kappa shape index (κ2) is 14.1. The smallest absolute Gasteiger partial charge is 0.408 e. The van der Waals surface area contributed by atoms with Gasteiger partial charge >= 0.3 is 22.3 Å². The van der Waals surface area contributed by atoms with Crippen LogP contribution in [0.4, 0.5) is 4.79 Å². The van der Waals surface area contributed by atoms with E-state index in [1.165, 1.54) is 12.0 Å². The fraction of sp³-hybridized carbons (Fsp3) is 0.767. The van der Waals surface area contributed by atoms with Gasteiger partial charge in [0.2, 0.25) is 11.8 Å². The Hall–Kier alpha value is -3.20. The third-order valence-electron chi connectivity index (χ3n) is 8.78. The molecular formula is C30H47N5O9S. The van der Waals surface area contributed by atoms with Crippen LogP contribution in [0.15, 0.2) is 12.2 Å². The zero-order chi connectivity index (χ0) is 33.0. The summed E-state index contributed by atoms with van der Waals surface area (Å²) >= 11 is 0. The van der Waals surface area contributed by atoms with Crippen molar-refractivity contribution in [1.82, 2.24) is 24.6 Å². The van der Waals surface area contributed by atoms with Gasteiger partial charge in [-0.25, -0.2) is 9.52 Å². The molecule has 0 radical (unpaired) electrons. The van der Waals surface area contributed by atoms with Gasteiger partial charge in [-0.05, 0) is 78.6 Å². The normalized spacial score (nSPS) is 30.8. The number of carbonyl (C=O) groups is 5. The summed E-state index contributed by atoms with van der Waals surface area (Å²) in [6.07, 6.45) is 8.84. The van der Waals surface area contributed by atoms with Crippen molar-refractivity contribution in [3.8, 4) is 0 Å². The van der Waals surface area contributed by atoms with E-state index in [0.717, 1.165) is 17.1 Å². The molecule has 3 fully saturated rings. The molecule has 5 atom stereocenters. The van der Waals surface area contributed by atoms with Crippen LogP contribution in [-0.4, -0.2) is 96.9 Å². The highest BCUT2D eigenvalue weighted by molar-refractivity contribution is 7.87. The third-order valence-corrected chi connectivity index (χ3v) is 10.3. The number of alkyl carbamates (subject to hydrolysis) is 1. The molecule has 0 aromatic carbocycles. The molecule has 3 N–H and O–H groups in total. The van der Waals surface area contributed by atoms with Gasteiger partial charge < -0.3 is 25.0 Å². The maximum absolute atomic E-state index is 13.8. The topological polar surface area (TPSA) is 181 Å². The van der Waals surface area contributed by atoms with E-state index >= 15 is 0 Å². The fourth-order valence-electron chi connectivity index (χ4n) is 6.37. The molecule has 0 spiro atoms. The highest BCUT2D eigenvalue weighted by Crippen LogP contribution is 2.46. The van der Waals surface area contributed by atoms with Crippen molar-refractivity contribution in [3.63, 3.8) is 0 Å². The van der Waals surface area contributed by atoms with Crippen molar-refractivity contribution in [2.75, 3.05) is 20.2 Å². The summed E-state index contributed by atoms with van der Waals surface area (Å²) in [5.41, 5.74) is -2.30. The van der Waals surface area contributed by atoms with E-state index in [1.54, 1.807) is 20.8 Å². The minimum atomic E-state index is -4.45. The number of esters is 1. The van der Waals surface area contributed by atoms with Crippen LogP contribution in [0.2, 0.25) is 0 Å². The predicted molar refractivity (Wildman–Crippen MR) is 163 cm³/mol. The first-order chi connectivity index (χ1) is 21.2. The van der Waals surface area contributed by atoms with Crippen molar-refractivity contribution in [1.29, 1.82) is 0 Å². The van der Waals surface area contributed by atoms with Gasteiger partial charge in [0, 0.05) is 19.0 Å². The summed E-state index contributed by atoms with van der Waals surface area (Å²) in [6, 6.07) is -2.84. The number of nitrogens with zero attached hydrogens (tertiary/aromatic N) is 2. The summed E-state index contributed by atoms with van der Waals surface area (Å²) in [4.78, 5) is 67.6. The predicted octanol–water partition coefficient (Wildman–Crippen LogP) is 1.65. The van der Waals surface area contributed by atoms with Crippen molar-refractivity contribution < 1.29 is 41.9 Å². The molecule has 3 aliphatic heterocycles. The second-order valence-electron chi connectivity index (χ2n) is 13.3. The molecule has 0 aromatic rings. The lowest BCUT2D eigenvalue weighted by molar-refractivity contribution is -0.146. The first kappa shape index (κ1) is 34.7. The first-order valence-electron chi connectivity index (χ1n) is 15.9. The van der Waals surface area contributed by atoms with Crippen LogP contribution in [-0.2, 0) is 38.9 Å². The summed E-state index contributed by atoms with van der Waals surface area (Å²) in [6.45, 7) is 5.52. The van der Waals surface area contributed by atoms with Crippen molar-refractivity contribution in [2.24, 2.45) is 5.92 Å². The van der Waals surface area contributed by atoms with Crippen molar-refractivity contribution in [3.05, 3.63) is 12.2 Å². The Balaban J connectivity index is 1.55. The Morgan fingerprint density at radius 2 is 1.73 bits per heavy atom. The van der Waals surface area contributed by atoms with Gasteiger partial charge in [-0.1, -0.05) is 25.0 Å². The fourth-order valence-corrected chi connectivity index (χ4v) is 7.80. The molecule has 2 saturated heterocycles. The van der Waals surface area contributed by atoms with Crippen LogP contribution in [0, 0.1) is 5.92 Å². The minimum absolute atomic E-state index is 0.0444. The number of methoxy groups -OCH3 is 1. The average molecular weight is 654 g/mol. The molecule has 252 valence electrons. The third kappa shape index (κ3) is 8.34. The molecule has 1 unspecified atom stereocenters. The van der Waals surface area contributed by atoms with Crippen molar-refractivity contribution >= 4 is 40.0 Å². The van der Waals surface area contributed by atoms with E-state index in [2.05, 4.69) is 15.4 Å². The van der Waals surface area contributed by atoms with Crippen LogP contribution in [0.5, 0.6) is 0 Å². The second-order valence-corrected chi connectivity index (χ2v) is 14.9. The largest absolute Gasteiger partial charge is 0.468 e. The number of nitrogens with one attached hydrogen (secondary N) is 3. The number of allylic oxidation sites excluding steroid dienone is 1. The van der Waals surface area contributed by atoms with E-state index in [9.17, 15) is 32.4 Å². The Morgan fingerprint density at radius 1 is 1.00 bits per heavy atom. The standard InChI is InChI=1S/C30H47N5O9S/c1-29(2,3)44-28(40)31-21-14-9-7-5-6-8-13-20-19-30(20,32-24(36)22-16-12-17-34(22)25(21)37)27(39)33-45(41,42)35-18-11-10-15-23(35)26(38)43-4/h8,13,20-23H,5-7,9-12,14-19H2,1-4H3,(H,31,40)(H,32,36)(H,33,39)/b13-8-/t20-,21-,22-,23?,30+/m0/s1. The Morgan fingerprint density at radius 3 is 2.44 bits per heavy atom. The summed E-state index contributed by atoms with van der Waals surface area (Å²) in [5.74, 6) is -3.03. The molecule has 0 aromatic heterocycles. The lowest BCUT2D eigenvalue weighted by atomic mass is 10.0. The van der Waals surface area contributed by atoms with Gasteiger partial charge in [-0.15, -0.1) is 0 Å². The van der Waals surface area contributed by atoms with Gasteiger partial charge in [-0.3, -0.25) is 19.2 Å². The van der Waals surface area contributed by atoms with E-state index < -0.39 is 75.2 Å². The van der Waals surface area contributed by atoms with Gasteiger partial charge in [0.1, 0.15) is 29.3 Å². The zero-order valence-electron chi connectivity index (χ0n) is 26.6. The summed E-state index contributed by atoms with van der Waals surface area (Å²) < 4.78 is 40.1. The van der Waals surface area contributed by atoms with Gasteiger partial charge in [-0.2, -0.15) is 12.7 Å². The molecule has 4 rings (SSSR count). The van der Waals surface area contributed by atoms with Crippen LogP contribution < -0.4 is 15.4 Å². The SMILES string of the molecule is COC(=O)C1CCCCN1S(=O)(=O)NC(=O)[C@@]12C[C@@H]1/C=C\CCCCC[C@H](NC(=O)OC(C)(C)C)C(=O)N1CCC[C@H]1C(=O)N2. The lowest BCUT2D eigenvalue weighted by Gasteiger charge is -2.33. The quantitative estimate of drug-likeness (QED) is 0.294. The molecular weight excluding hydrogens is 606 g/mol. The Bertz CT molecular complexity index is 1300. The molecule has 0 bridgehead atoms. The molecule has 14 nitrogen and oxygen atoms in total. The number of ether oxygens (including phenoxy) is 2. The maximum atomic E-state index is 13.8. The number of carbonyl (C=O) groups excluding carboxylic acids is 5. The van der Waals surface area contributed by atoms with E-state index in [0.29, 0.717) is 51.5 Å². The average Bonchev–Trinajstić information content (AvgIpc) is 3.43. The number of hydrogen-bond acceptors (Lipinski definition) is 9. The lowest BCUT2D eigenvalue weighted by Crippen LogP contribution is -2.60. The zero-order valence-corrected chi connectivity index (χ0v) is 27.4. The van der Waals surface area contributed by atoms with Crippen LogP contribution in [0.25, 0.3) is 0 Å². The van der Waals surface area contributed by atoms with Crippen LogP contribution in [0.3, 0.4) is 0 Å². The van der Waals surface area contributed by atoms with Crippen molar-refractivity contribution in [2.45, 2.75) is 121 Å². The molecule has 15 heteroatoms.